The van der Waals surface area contributed by atoms with Gasteiger partial charge in [0.15, 0.2) is 0 Å². The second kappa shape index (κ2) is 9.86. The minimum atomic E-state index is -4.03. The number of sulfonamides is 2. The van der Waals surface area contributed by atoms with Gasteiger partial charge in [0.1, 0.15) is 6.54 Å². The van der Waals surface area contributed by atoms with E-state index in [-0.39, 0.29) is 4.90 Å². The van der Waals surface area contributed by atoms with Gasteiger partial charge in [0, 0.05) is 12.7 Å². The van der Waals surface area contributed by atoms with E-state index in [0.717, 1.165) is 26.0 Å². The van der Waals surface area contributed by atoms with Crippen molar-refractivity contribution < 1.29 is 21.6 Å². The minimum Gasteiger partial charge on any atom is -0.324 e. The molecule has 8 nitrogen and oxygen atoms in total. The van der Waals surface area contributed by atoms with E-state index >= 15 is 0 Å². The molecule has 3 rings (SSSR count). The number of nitrogens with zero attached hydrogens (tertiary/aromatic N) is 2. The number of aryl methyl sites for hydroxylation is 2. The topological polar surface area (TPSA) is 104 Å². The van der Waals surface area contributed by atoms with Crippen LogP contribution in [0.25, 0.3) is 0 Å². The van der Waals surface area contributed by atoms with Crippen molar-refractivity contribution in [3.05, 3.63) is 83.9 Å². The number of nitrogens with one attached hydrogen (secondary N) is 1. The Morgan fingerprint density at radius 3 is 2.03 bits per heavy atom. The lowest BCUT2D eigenvalue weighted by Crippen LogP contribution is -2.38. The summed E-state index contributed by atoms with van der Waals surface area (Å²) in [5.41, 5.74) is 2.81. The fraction of sp³-hybridized carbons (Fsp3) is 0.208. The summed E-state index contributed by atoms with van der Waals surface area (Å²) in [4.78, 5) is 13.0. The fourth-order valence-corrected chi connectivity index (χ4v) is 5.35. The standard InChI is InChI=1S/C24H27N3O5S2/c1-18-13-19(2)15-22(14-18)27(34(31,32)23-11-6-5-7-12-23)17-24(28)25-20-9-8-10-21(16-20)26(3)33(4,29)30/h5-16H,17H2,1-4H3,(H,25,28). The number of benzene rings is 3. The molecule has 0 aliphatic carbocycles. The molecule has 1 N–H and O–H groups in total. The van der Waals surface area contributed by atoms with Gasteiger partial charge in [-0.15, -0.1) is 0 Å². The van der Waals surface area contributed by atoms with Gasteiger partial charge in [-0.1, -0.05) is 30.3 Å². The summed E-state index contributed by atoms with van der Waals surface area (Å²) in [6.45, 7) is 3.24. The Hall–Kier alpha value is -3.37. The Bertz CT molecular complexity index is 1390. The lowest BCUT2D eigenvalue weighted by Gasteiger charge is -2.25. The maximum Gasteiger partial charge on any atom is 0.264 e. The molecule has 10 heteroatoms. The van der Waals surface area contributed by atoms with E-state index in [2.05, 4.69) is 5.32 Å². The van der Waals surface area contributed by atoms with Crippen molar-refractivity contribution in [3.63, 3.8) is 0 Å². The second-order valence-electron chi connectivity index (χ2n) is 8.00. The number of anilines is 3. The van der Waals surface area contributed by atoms with Gasteiger partial charge in [0.05, 0.1) is 22.5 Å². The smallest absolute Gasteiger partial charge is 0.264 e. The molecule has 0 fully saturated rings. The fourth-order valence-electron chi connectivity index (χ4n) is 3.43. The van der Waals surface area contributed by atoms with E-state index in [4.69, 9.17) is 0 Å². The molecule has 0 radical (unpaired) electrons. The molecule has 0 aliphatic heterocycles. The van der Waals surface area contributed by atoms with Crippen LogP contribution >= 0.6 is 0 Å². The monoisotopic (exact) mass is 501 g/mol. The molecule has 0 bridgehead atoms. The maximum atomic E-state index is 13.5. The van der Waals surface area contributed by atoms with Gasteiger partial charge in [-0.3, -0.25) is 13.4 Å². The second-order valence-corrected chi connectivity index (χ2v) is 11.9. The highest BCUT2D eigenvalue weighted by molar-refractivity contribution is 7.93. The lowest BCUT2D eigenvalue weighted by atomic mass is 10.1. The van der Waals surface area contributed by atoms with E-state index in [0.29, 0.717) is 17.1 Å². The molecule has 1 amide bonds. The highest BCUT2D eigenvalue weighted by Crippen LogP contribution is 2.26. The van der Waals surface area contributed by atoms with Crippen LogP contribution < -0.4 is 13.9 Å². The molecule has 34 heavy (non-hydrogen) atoms. The predicted octanol–water partition coefficient (Wildman–Crippen LogP) is 3.53. The van der Waals surface area contributed by atoms with Gasteiger partial charge in [-0.2, -0.15) is 0 Å². The average Bonchev–Trinajstić information content (AvgIpc) is 2.76. The summed E-state index contributed by atoms with van der Waals surface area (Å²) >= 11 is 0. The van der Waals surface area contributed by atoms with Crippen LogP contribution in [-0.2, 0) is 24.8 Å². The largest absolute Gasteiger partial charge is 0.324 e. The van der Waals surface area contributed by atoms with E-state index in [1.54, 1.807) is 48.5 Å². The van der Waals surface area contributed by atoms with Crippen LogP contribution in [0, 0.1) is 13.8 Å². The molecular formula is C24H27N3O5S2. The summed E-state index contributed by atoms with van der Waals surface area (Å²) in [5, 5.41) is 2.68. The minimum absolute atomic E-state index is 0.0683. The SMILES string of the molecule is Cc1cc(C)cc(N(CC(=O)Nc2cccc(N(C)S(C)(=O)=O)c2)S(=O)(=O)c2ccccc2)c1. The van der Waals surface area contributed by atoms with Crippen LogP contribution in [0.2, 0.25) is 0 Å². The summed E-state index contributed by atoms with van der Waals surface area (Å²) in [6.07, 6.45) is 1.08. The number of hydrogen-bond acceptors (Lipinski definition) is 5. The highest BCUT2D eigenvalue weighted by Gasteiger charge is 2.27. The van der Waals surface area contributed by atoms with Gasteiger partial charge < -0.3 is 5.32 Å². The first kappa shape index (κ1) is 25.3. The lowest BCUT2D eigenvalue weighted by molar-refractivity contribution is -0.114. The van der Waals surface area contributed by atoms with Crippen molar-refractivity contribution in [2.24, 2.45) is 0 Å². The Morgan fingerprint density at radius 1 is 0.824 bits per heavy atom. The van der Waals surface area contributed by atoms with Crippen LogP contribution in [0.4, 0.5) is 17.1 Å². The van der Waals surface area contributed by atoms with E-state index in [1.165, 1.54) is 25.2 Å². The summed E-state index contributed by atoms with van der Waals surface area (Å²) in [5.74, 6) is -0.571. The third-order valence-electron chi connectivity index (χ3n) is 5.10. The number of amides is 1. The normalized spacial score (nSPS) is 11.6. The molecule has 0 atom stereocenters. The highest BCUT2D eigenvalue weighted by atomic mass is 32.2. The van der Waals surface area contributed by atoms with Crippen LogP contribution in [0.15, 0.2) is 77.7 Å². The Labute approximate surface area is 200 Å². The van der Waals surface area contributed by atoms with Crippen molar-refractivity contribution in [1.29, 1.82) is 0 Å². The van der Waals surface area contributed by atoms with Crippen LogP contribution in [0.5, 0.6) is 0 Å². The number of hydrogen-bond donors (Lipinski definition) is 1. The zero-order valence-corrected chi connectivity index (χ0v) is 21.0. The molecule has 0 saturated heterocycles. The molecule has 0 heterocycles. The maximum absolute atomic E-state index is 13.5. The van der Waals surface area contributed by atoms with Crippen molar-refractivity contribution in [1.82, 2.24) is 0 Å². The predicted molar refractivity (Wildman–Crippen MR) is 135 cm³/mol. The Kier molecular flexibility index (Phi) is 7.32. The Balaban J connectivity index is 1.94. The molecule has 180 valence electrons. The van der Waals surface area contributed by atoms with Crippen LogP contribution in [0.1, 0.15) is 11.1 Å². The summed E-state index contributed by atoms with van der Waals surface area (Å²) < 4.78 is 52.8. The molecule has 0 aromatic heterocycles. The van der Waals surface area contributed by atoms with Gasteiger partial charge in [0.25, 0.3) is 10.0 Å². The molecular weight excluding hydrogens is 474 g/mol. The molecule has 3 aromatic rings. The molecule has 0 aliphatic rings. The van der Waals surface area contributed by atoms with Crippen LogP contribution in [0.3, 0.4) is 0 Å². The van der Waals surface area contributed by atoms with E-state index < -0.39 is 32.5 Å². The first-order valence-electron chi connectivity index (χ1n) is 10.4. The van der Waals surface area contributed by atoms with E-state index in [9.17, 15) is 21.6 Å². The molecule has 3 aromatic carbocycles. The van der Waals surface area contributed by atoms with Gasteiger partial charge in [-0.05, 0) is 67.4 Å². The van der Waals surface area contributed by atoms with Crippen molar-refractivity contribution >= 4 is 43.0 Å². The molecule has 0 saturated carbocycles. The van der Waals surface area contributed by atoms with E-state index in [1.807, 2.05) is 19.9 Å². The Morgan fingerprint density at radius 2 is 1.44 bits per heavy atom. The summed E-state index contributed by atoms with van der Waals surface area (Å²) in [7, 11) is -6.10. The zero-order valence-electron chi connectivity index (χ0n) is 19.4. The van der Waals surface area contributed by atoms with Gasteiger partial charge in [0.2, 0.25) is 15.9 Å². The van der Waals surface area contributed by atoms with Crippen molar-refractivity contribution in [3.8, 4) is 0 Å². The number of carbonyl (C=O) groups is 1. The van der Waals surface area contributed by atoms with Gasteiger partial charge in [-0.25, -0.2) is 16.8 Å². The first-order chi connectivity index (χ1) is 15.9. The molecule has 0 spiro atoms. The van der Waals surface area contributed by atoms with Crippen molar-refractivity contribution in [2.75, 3.05) is 33.8 Å². The van der Waals surface area contributed by atoms with Gasteiger partial charge >= 0.3 is 0 Å². The first-order valence-corrected chi connectivity index (χ1v) is 13.7. The zero-order chi connectivity index (χ0) is 25.1. The average molecular weight is 502 g/mol. The van der Waals surface area contributed by atoms with Crippen LogP contribution in [-0.4, -0.2) is 42.6 Å². The third kappa shape index (κ3) is 5.95. The third-order valence-corrected chi connectivity index (χ3v) is 8.10. The molecule has 0 unspecified atom stereocenters. The van der Waals surface area contributed by atoms with Crippen molar-refractivity contribution in [2.45, 2.75) is 18.7 Å². The quantitative estimate of drug-likeness (QED) is 0.509. The number of carbonyl (C=O) groups excluding carboxylic acids is 1. The summed E-state index contributed by atoms with van der Waals surface area (Å²) in [6, 6.07) is 19.6. The number of rotatable bonds is 8.